The van der Waals surface area contributed by atoms with E-state index in [4.69, 9.17) is 10.8 Å². The van der Waals surface area contributed by atoms with Gasteiger partial charge in [-0.05, 0) is 11.4 Å². The van der Waals surface area contributed by atoms with E-state index in [0.29, 0.717) is 0 Å². The molecule has 0 bridgehead atoms. The molecule has 1 unspecified atom stereocenters. The monoisotopic (exact) mass is 214 g/mol. The summed E-state index contributed by atoms with van der Waals surface area (Å²) in [6.45, 7) is 0. The molecule has 14 heavy (non-hydrogen) atoms. The van der Waals surface area contributed by atoms with Gasteiger partial charge >= 0.3 is 12.0 Å². The highest BCUT2D eigenvalue weighted by molar-refractivity contribution is 7.10. The van der Waals surface area contributed by atoms with E-state index in [1.54, 1.807) is 12.1 Å². The molecule has 0 saturated heterocycles. The normalized spacial score (nSPS) is 12.0. The van der Waals surface area contributed by atoms with Gasteiger partial charge in [0.25, 0.3) is 0 Å². The Kier molecular flexibility index (Phi) is 3.47. The van der Waals surface area contributed by atoms with Gasteiger partial charge in [0, 0.05) is 4.88 Å². The van der Waals surface area contributed by atoms with Gasteiger partial charge in [0.05, 0.1) is 12.5 Å². The van der Waals surface area contributed by atoms with Crippen molar-refractivity contribution in [1.29, 1.82) is 0 Å². The topological polar surface area (TPSA) is 92.4 Å². The Hall–Kier alpha value is -1.56. The first-order chi connectivity index (χ1) is 6.59. The van der Waals surface area contributed by atoms with E-state index >= 15 is 0 Å². The molecule has 2 amide bonds. The fourth-order valence-corrected chi connectivity index (χ4v) is 1.84. The van der Waals surface area contributed by atoms with Crippen molar-refractivity contribution in [1.82, 2.24) is 5.32 Å². The van der Waals surface area contributed by atoms with Crippen molar-refractivity contribution < 1.29 is 14.7 Å². The van der Waals surface area contributed by atoms with Crippen LogP contribution in [0.15, 0.2) is 17.5 Å². The molecule has 0 saturated carbocycles. The van der Waals surface area contributed by atoms with Gasteiger partial charge in [-0.15, -0.1) is 11.3 Å². The lowest BCUT2D eigenvalue weighted by Crippen LogP contribution is -2.33. The fraction of sp³-hybridized carbons (Fsp3) is 0.250. The van der Waals surface area contributed by atoms with E-state index in [-0.39, 0.29) is 6.42 Å². The molecule has 1 heterocycles. The maximum absolute atomic E-state index is 10.6. The highest BCUT2D eigenvalue weighted by Crippen LogP contribution is 2.21. The summed E-state index contributed by atoms with van der Waals surface area (Å²) < 4.78 is 0. The summed E-state index contributed by atoms with van der Waals surface area (Å²) in [5.74, 6) is -0.975. The first kappa shape index (κ1) is 10.5. The van der Waals surface area contributed by atoms with E-state index in [0.717, 1.165) is 4.88 Å². The molecule has 1 atom stereocenters. The second kappa shape index (κ2) is 4.61. The lowest BCUT2D eigenvalue weighted by atomic mass is 10.2. The Morgan fingerprint density at radius 3 is 2.79 bits per heavy atom. The number of hydrogen-bond acceptors (Lipinski definition) is 3. The van der Waals surface area contributed by atoms with Crippen LogP contribution in [0.1, 0.15) is 17.3 Å². The second-order valence-corrected chi connectivity index (χ2v) is 3.65. The number of carboxylic acid groups (broad SMARTS) is 1. The van der Waals surface area contributed by atoms with E-state index < -0.39 is 18.0 Å². The van der Waals surface area contributed by atoms with E-state index in [1.165, 1.54) is 11.3 Å². The minimum atomic E-state index is -0.975. The minimum Gasteiger partial charge on any atom is -0.481 e. The van der Waals surface area contributed by atoms with Crippen LogP contribution in [0.25, 0.3) is 0 Å². The summed E-state index contributed by atoms with van der Waals surface area (Å²) in [5, 5.41) is 12.8. The number of thiophene rings is 1. The third kappa shape index (κ3) is 3.06. The zero-order valence-electron chi connectivity index (χ0n) is 7.27. The maximum Gasteiger partial charge on any atom is 0.312 e. The van der Waals surface area contributed by atoms with Crippen LogP contribution in [-0.4, -0.2) is 17.1 Å². The standard InChI is InChI=1S/C8H10N2O3S/c9-8(13)10-5(4-7(11)12)6-2-1-3-14-6/h1-3,5H,4H2,(H,11,12)(H3,9,10,13). The fourth-order valence-electron chi connectivity index (χ4n) is 1.06. The molecule has 0 aliphatic heterocycles. The molecule has 0 aliphatic carbocycles. The minimum absolute atomic E-state index is 0.163. The Bertz CT molecular complexity index is 307. The third-order valence-corrected chi connectivity index (χ3v) is 2.57. The lowest BCUT2D eigenvalue weighted by molar-refractivity contribution is -0.137. The number of nitrogens with one attached hydrogen (secondary N) is 1. The highest BCUT2D eigenvalue weighted by atomic mass is 32.1. The Labute approximate surface area is 84.5 Å². The van der Waals surface area contributed by atoms with Crippen LogP contribution in [0, 0.1) is 0 Å². The molecule has 1 aromatic rings. The molecule has 5 nitrogen and oxygen atoms in total. The first-order valence-electron chi connectivity index (χ1n) is 3.90. The summed E-state index contributed by atoms with van der Waals surface area (Å²) in [5.41, 5.74) is 4.94. The number of amides is 2. The molecular weight excluding hydrogens is 204 g/mol. The van der Waals surface area contributed by atoms with Crippen LogP contribution < -0.4 is 11.1 Å². The zero-order chi connectivity index (χ0) is 10.6. The number of hydrogen-bond donors (Lipinski definition) is 3. The molecule has 0 radical (unpaired) electrons. The summed E-state index contributed by atoms with van der Waals surface area (Å²) in [7, 11) is 0. The Balaban J connectivity index is 2.71. The number of urea groups is 1. The SMILES string of the molecule is NC(=O)NC(CC(=O)O)c1cccs1. The molecule has 76 valence electrons. The number of carboxylic acids is 1. The maximum atomic E-state index is 10.6. The summed E-state index contributed by atoms with van der Waals surface area (Å²) >= 11 is 1.38. The van der Waals surface area contributed by atoms with Crippen LogP contribution in [0.2, 0.25) is 0 Å². The van der Waals surface area contributed by atoms with Crippen LogP contribution in [0.5, 0.6) is 0 Å². The predicted molar refractivity (Wildman–Crippen MR) is 52.0 cm³/mol. The van der Waals surface area contributed by atoms with Crippen LogP contribution in [0.4, 0.5) is 4.79 Å². The summed E-state index contributed by atoms with van der Waals surface area (Å²) in [6.07, 6.45) is -0.163. The molecule has 1 aromatic heterocycles. The molecule has 6 heteroatoms. The van der Waals surface area contributed by atoms with Crippen molar-refractivity contribution in [2.24, 2.45) is 5.73 Å². The van der Waals surface area contributed by atoms with Gasteiger partial charge in [0.2, 0.25) is 0 Å². The number of carbonyl (C=O) groups excluding carboxylic acids is 1. The quantitative estimate of drug-likeness (QED) is 0.696. The van der Waals surface area contributed by atoms with E-state index in [9.17, 15) is 9.59 Å². The van der Waals surface area contributed by atoms with Gasteiger partial charge in [0.15, 0.2) is 0 Å². The van der Waals surface area contributed by atoms with Crippen molar-refractivity contribution >= 4 is 23.3 Å². The van der Waals surface area contributed by atoms with Crippen molar-refractivity contribution in [2.45, 2.75) is 12.5 Å². The Morgan fingerprint density at radius 1 is 1.64 bits per heavy atom. The van der Waals surface area contributed by atoms with Gasteiger partial charge in [-0.25, -0.2) is 4.79 Å². The number of aliphatic carboxylic acids is 1. The van der Waals surface area contributed by atoms with Crippen LogP contribution in [-0.2, 0) is 4.79 Å². The summed E-state index contributed by atoms with van der Waals surface area (Å²) in [4.78, 5) is 21.9. The molecule has 0 spiro atoms. The molecular formula is C8H10N2O3S. The first-order valence-corrected chi connectivity index (χ1v) is 4.78. The van der Waals surface area contributed by atoms with Gasteiger partial charge < -0.3 is 16.2 Å². The van der Waals surface area contributed by atoms with Gasteiger partial charge in [0.1, 0.15) is 0 Å². The smallest absolute Gasteiger partial charge is 0.312 e. The van der Waals surface area contributed by atoms with Gasteiger partial charge in [-0.2, -0.15) is 0 Å². The largest absolute Gasteiger partial charge is 0.481 e. The molecule has 0 aliphatic rings. The summed E-state index contributed by atoms with van der Waals surface area (Å²) in [6, 6.07) is 2.29. The van der Waals surface area contributed by atoms with E-state index in [1.807, 2.05) is 5.38 Å². The average molecular weight is 214 g/mol. The number of rotatable bonds is 4. The number of carbonyl (C=O) groups is 2. The molecule has 4 N–H and O–H groups in total. The van der Waals surface area contributed by atoms with Crippen molar-refractivity contribution in [2.75, 3.05) is 0 Å². The molecule has 0 aromatic carbocycles. The second-order valence-electron chi connectivity index (χ2n) is 2.67. The lowest BCUT2D eigenvalue weighted by Gasteiger charge is -2.13. The third-order valence-electron chi connectivity index (χ3n) is 1.58. The van der Waals surface area contributed by atoms with Crippen molar-refractivity contribution in [3.8, 4) is 0 Å². The molecule has 1 rings (SSSR count). The highest BCUT2D eigenvalue weighted by Gasteiger charge is 2.17. The van der Waals surface area contributed by atoms with Crippen molar-refractivity contribution in [3.63, 3.8) is 0 Å². The Morgan fingerprint density at radius 2 is 2.36 bits per heavy atom. The average Bonchev–Trinajstić information content (AvgIpc) is 2.52. The predicted octanol–water partition coefficient (Wildman–Crippen LogP) is 0.932. The van der Waals surface area contributed by atoms with Crippen LogP contribution in [0.3, 0.4) is 0 Å². The number of nitrogens with two attached hydrogens (primary N) is 1. The van der Waals surface area contributed by atoms with Crippen LogP contribution >= 0.6 is 11.3 Å². The van der Waals surface area contributed by atoms with Gasteiger partial charge in [-0.1, -0.05) is 6.07 Å². The zero-order valence-corrected chi connectivity index (χ0v) is 8.08. The van der Waals surface area contributed by atoms with Gasteiger partial charge in [-0.3, -0.25) is 4.79 Å². The van der Waals surface area contributed by atoms with E-state index in [2.05, 4.69) is 5.32 Å². The number of primary amides is 1. The van der Waals surface area contributed by atoms with Crippen molar-refractivity contribution in [3.05, 3.63) is 22.4 Å². The molecule has 0 fully saturated rings.